The Morgan fingerprint density at radius 1 is 1.44 bits per heavy atom. The van der Waals surface area contributed by atoms with Crippen molar-refractivity contribution in [2.75, 3.05) is 13.1 Å². The van der Waals surface area contributed by atoms with Crippen molar-refractivity contribution in [3.8, 4) is 0 Å². The Hall–Kier alpha value is -1.84. The molecule has 0 radical (unpaired) electrons. The highest BCUT2D eigenvalue weighted by Gasteiger charge is 2.04. The largest absolute Gasteiger partial charge is 0.481 e. The van der Waals surface area contributed by atoms with E-state index in [2.05, 4.69) is 34.6 Å². The molecule has 1 aliphatic heterocycles. The molecule has 16 heavy (non-hydrogen) atoms. The van der Waals surface area contributed by atoms with Gasteiger partial charge in [0.2, 0.25) is 0 Å². The second kappa shape index (κ2) is 6.61. The molecule has 1 aliphatic rings. The van der Waals surface area contributed by atoms with Crippen molar-refractivity contribution >= 4 is 11.8 Å². The van der Waals surface area contributed by atoms with E-state index in [4.69, 9.17) is 9.90 Å². The molecule has 0 aromatic heterocycles. The minimum Gasteiger partial charge on any atom is -0.481 e. The maximum atomic E-state index is 9.00. The lowest BCUT2D eigenvalue weighted by molar-refractivity contribution is -0.134. The molecule has 0 aliphatic carbocycles. The third kappa shape index (κ3) is 5.14. The Bertz CT molecular complexity index is 357. The van der Waals surface area contributed by atoms with Crippen molar-refractivity contribution in [2.24, 2.45) is 4.99 Å². The van der Waals surface area contributed by atoms with E-state index < -0.39 is 5.97 Å². The number of carbonyl (C=O) groups is 1. The highest BCUT2D eigenvalue weighted by Crippen LogP contribution is 2.01. The van der Waals surface area contributed by atoms with Crippen LogP contribution in [-0.4, -0.2) is 30.0 Å². The first-order chi connectivity index (χ1) is 7.68. The SMILES string of the molecule is CC(=O)O.c1ccc(CC2=NCCN2)cc1. The van der Waals surface area contributed by atoms with Crippen LogP contribution >= 0.6 is 0 Å². The van der Waals surface area contributed by atoms with Gasteiger partial charge >= 0.3 is 0 Å². The minimum atomic E-state index is -0.833. The average Bonchev–Trinajstić information content (AvgIpc) is 2.71. The van der Waals surface area contributed by atoms with Crippen LogP contribution in [0.25, 0.3) is 0 Å². The lowest BCUT2D eigenvalue weighted by atomic mass is 10.1. The van der Waals surface area contributed by atoms with Crippen LogP contribution in [0.3, 0.4) is 0 Å². The molecule has 0 unspecified atom stereocenters. The lowest BCUT2D eigenvalue weighted by Crippen LogP contribution is -2.20. The summed E-state index contributed by atoms with van der Waals surface area (Å²) in [4.78, 5) is 13.3. The van der Waals surface area contributed by atoms with Crippen LogP contribution in [0.15, 0.2) is 35.3 Å². The number of hydrogen-bond acceptors (Lipinski definition) is 3. The quantitative estimate of drug-likeness (QED) is 0.790. The van der Waals surface area contributed by atoms with Crippen molar-refractivity contribution in [2.45, 2.75) is 13.3 Å². The Balaban J connectivity index is 0.000000280. The number of nitrogens with zero attached hydrogens (tertiary/aromatic N) is 1. The van der Waals surface area contributed by atoms with Crippen LogP contribution in [0, 0.1) is 0 Å². The molecule has 1 aromatic rings. The molecule has 4 heteroatoms. The third-order valence-electron chi connectivity index (χ3n) is 1.96. The summed E-state index contributed by atoms with van der Waals surface area (Å²) in [6.07, 6.45) is 0.945. The lowest BCUT2D eigenvalue weighted by Gasteiger charge is -2.00. The van der Waals surface area contributed by atoms with E-state index in [1.54, 1.807) is 0 Å². The number of aliphatic imine (C=N–C) groups is 1. The second-order valence-corrected chi connectivity index (χ2v) is 3.44. The van der Waals surface area contributed by atoms with Gasteiger partial charge in [0, 0.05) is 19.9 Å². The number of carboxylic acid groups (broad SMARTS) is 1. The van der Waals surface area contributed by atoms with Gasteiger partial charge in [-0.2, -0.15) is 0 Å². The zero-order valence-corrected chi connectivity index (χ0v) is 9.31. The van der Waals surface area contributed by atoms with Gasteiger partial charge in [-0.1, -0.05) is 30.3 Å². The maximum Gasteiger partial charge on any atom is 0.300 e. The molecule has 0 saturated carbocycles. The monoisotopic (exact) mass is 220 g/mol. The summed E-state index contributed by atoms with van der Waals surface area (Å²) in [5, 5.41) is 10.7. The maximum absolute atomic E-state index is 9.00. The number of aliphatic carboxylic acids is 1. The fourth-order valence-electron chi connectivity index (χ4n) is 1.35. The Morgan fingerprint density at radius 3 is 2.56 bits per heavy atom. The normalized spacial score (nSPS) is 13.2. The van der Waals surface area contributed by atoms with Gasteiger partial charge < -0.3 is 10.4 Å². The highest BCUT2D eigenvalue weighted by molar-refractivity contribution is 5.85. The van der Waals surface area contributed by atoms with Gasteiger partial charge in [0.25, 0.3) is 5.97 Å². The van der Waals surface area contributed by atoms with E-state index in [1.165, 1.54) is 5.56 Å². The van der Waals surface area contributed by atoms with Crippen LogP contribution in [0.2, 0.25) is 0 Å². The molecule has 2 N–H and O–H groups in total. The Labute approximate surface area is 95.0 Å². The van der Waals surface area contributed by atoms with Gasteiger partial charge in [0.1, 0.15) is 5.84 Å². The van der Waals surface area contributed by atoms with Crippen molar-refractivity contribution in [1.29, 1.82) is 0 Å². The summed E-state index contributed by atoms with van der Waals surface area (Å²) in [7, 11) is 0. The van der Waals surface area contributed by atoms with Gasteiger partial charge in [-0.25, -0.2) is 0 Å². The molecule has 1 heterocycles. The molecule has 86 valence electrons. The van der Waals surface area contributed by atoms with Crippen LogP contribution in [-0.2, 0) is 11.2 Å². The van der Waals surface area contributed by atoms with E-state index in [0.717, 1.165) is 32.3 Å². The Morgan fingerprint density at radius 2 is 2.06 bits per heavy atom. The third-order valence-corrected chi connectivity index (χ3v) is 1.96. The van der Waals surface area contributed by atoms with E-state index in [0.29, 0.717) is 0 Å². The standard InChI is InChI=1S/C10H12N2.C2H4O2/c1-2-4-9(5-3-1)8-10-11-6-7-12-10;1-2(3)4/h1-5H,6-8H2,(H,11,12);1H3,(H,3,4). The van der Waals surface area contributed by atoms with E-state index >= 15 is 0 Å². The molecular weight excluding hydrogens is 204 g/mol. The molecule has 0 saturated heterocycles. The van der Waals surface area contributed by atoms with Crippen LogP contribution < -0.4 is 5.32 Å². The van der Waals surface area contributed by atoms with Gasteiger partial charge in [-0.15, -0.1) is 0 Å². The zero-order chi connectivity index (χ0) is 11.8. The molecule has 0 fully saturated rings. The molecule has 0 amide bonds. The molecule has 0 atom stereocenters. The van der Waals surface area contributed by atoms with Crippen molar-refractivity contribution < 1.29 is 9.90 Å². The second-order valence-electron chi connectivity index (χ2n) is 3.44. The molecule has 0 spiro atoms. The van der Waals surface area contributed by atoms with Crippen LogP contribution in [0.5, 0.6) is 0 Å². The number of amidine groups is 1. The molecular formula is C12H16N2O2. The minimum absolute atomic E-state index is 0.833. The summed E-state index contributed by atoms with van der Waals surface area (Å²) in [6.45, 7) is 3.02. The predicted molar refractivity (Wildman–Crippen MR) is 63.8 cm³/mol. The molecule has 4 nitrogen and oxygen atoms in total. The highest BCUT2D eigenvalue weighted by atomic mass is 16.4. The summed E-state index contributed by atoms with van der Waals surface area (Å²) < 4.78 is 0. The van der Waals surface area contributed by atoms with E-state index in [1.807, 2.05) is 6.07 Å². The molecule has 2 rings (SSSR count). The average molecular weight is 220 g/mol. The van der Waals surface area contributed by atoms with Crippen LogP contribution in [0.1, 0.15) is 12.5 Å². The first-order valence-corrected chi connectivity index (χ1v) is 5.19. The van der Waals surface area contributed by atoms with Gasteiger partial charge in [0.05, 0.1) is 6.54 Å². The number of nitrogens with one attached hydrogen (secondary N) is 1. The first kappa shape index (κ1) is 12.2. The summed E-state index contributed by atoms with van der Waals surface area (Å²) in [5.74, 6) is 0.293. The number of benzene rings is 1. The van der Waals surface area contributed by atoms with Gasteiger partial charge in [-0.05, 0) is 5.56 Å². The van der Waals surface area contributed by atoms with Crippen LogP contribution in [0.4, 0.5) is 0 Å². The van der Waals surface area contributed by atoms with Crippen molar-refractivity contribution in [1.82, 2.24) is 5.32 Å². The first-order valence-electron chi connectivity index (χ1n) is 5.19. The summed E-state index contributed by atoms with van der Waals surface area (Å²) >= 11 is 0. The topological polar surface area (TPSA) is 61.7 Å². The summed E-state index contributed by atoms with van der Waals surface area (Å²) in [6, 6.07) is 10.4. The fourth-order valence-corrected chi connectivity index (χ4v) is 1.35. The Kier molecular flexibility index (Phi) is 5.05. The van der Waals surface area contributed by atoms with Gasteiger partial charge in [-0.3, -0.25) is 9.79 Å². The van der Waals surface area contributed by atoms with Crippen molar-refractivity contribution in [3.63, 3.8) is 0 Å². The molecule has 1 aromatic carbocycles. The van der Waals surface area contributed by atoms with Gasteiger partial charge in [0.15, 0.2) is 0 Å². The van der Waals surface area contributed by atoms with Crippen molar-refractivity contribution in [3.05, 3.63) is 35.9 Å². The molecule has 0 bridgehead atoms. The number of carboxylic acids is 1. The van der Waals surface area contributed by atoms with E-state index in [9.17, 15) is 0 Å². The summed E-state index contributed by atoms with van der Waals surface area (Å²) in [5.41, 5.74) is 1.32. The zero-order valence-electron chi connectivity index (χ0n) is 9.31. The van der Waals surface area contributed by atoms with E-state index in [-0.39, 0.29) is 0 Å². The number of rotatable bonds is 2. The fraction of sp³-hybridized carbons (Fsp3) is 0.333. The predicted octanol–water partition coefficient (Wildman–Crippen LogP) is 1.32. The number of hydrogen-bond donors (Lipinski definition) is 2. The smallest absolute Gasteiger partial charge is 0.300 e.